The highest BCUT2D eigenvalue weighted by molar-refractivity contribution is 6.30. The summed E-state index contributed by atoms with van der Waals surface area (Å²) in [6, 6.07) is 16.1. The normalized spacial score (nSPS) is 22.0. The van der Waals surface area contributed by atoms with Crippen molar-refractivity contribution >= 4 is 11.6 Å². The SMILES string of the molecule is C=CC1COC(c2ccc(-c3ccc(Cl)cc3)cc2)OC1. The van der Waals surface area contributed by atoms with Gasteiger partial charge in [0.15, 0.2) is 6.29 Å². The maximum atomic E-state index is 5.91. The van der Waals surface area contributed by atoms with E-state index in [1.165, 1.54) is 0 Å². The molecule has 3 heteroatoms. The van der Waals surface area contributed by atoms with Gasteiger partial charge in [-0.3, -0.25) is 0 Å². The van der Waals surface area contributed by atoms with E-state index in [0.29, 0.717) is 13.2 Å². The zero-order valence-corrected chi connectivity index (χ0v) is 12.4. The average Bonchev–Trinajstić information content (AvgIpc) is 2.56. The Morgan fingerprint density at radius 1 is 0.905 bits per heavy atom. The molecule has 1 aliphatic heterocycles. The predicted octanol–water partition coefficient (Wildman–Crippen LogP) is 4.85. The summed E-state index contributed by atoms with van der Waals surface area (Å²) in [7, 11) is 0. The van der Waals surface area contributed by atoms with E-state index in [-0.39, 0.29) is 12.2 Å². The molecule has 0 aromatic heterocycles. The minimum atomic E-state index is -0.277. The van der Waals surface area contributed by atoms with Crippen molar-refractivity contribution in [1.29, 1.82) is 0 Å². The van der Waals surface area contributed by atoms with Gasteiger partial charge in [0, 0.05) is 16.5 Å². The number of halogens is 1. The van der Waals surface area contributed by atoms with Gasteiger partial charge in [-0.15, -0.1) is 6.58 Å². The minimum absolute atomic E-state index is 0.277. The molecule has 0 unspecified atom stereocenters. The van der Waals surface area contributed by atoms with Gasteiger partial charge in [0.2, 0.25) is 0 Å². The van der Waals surface area contributed by atoms with Crippen molar-refractivity contribution in [2.45, 2.75) is 6.29 Å². The summed E-state index contributed by atoms with van der Waals surface area (Å²) >= 11 is 5.91. The Balaban J connectivity index is 1.72. The fraction of sp³-hybridized carbons (Fsp3) is 0.222. The van der Waals surface area contributed by atoms with E-state index < -0.39 is 0 Å². The molecule has 0 N–H and O–H groups in total. The Morgan fingerprint density at radius 3 is 1.95 bits per heavy atom. The zero-order chi connectivity index (χ0) is 14.7. The van der Waals surface area contributed by atoms with Crippen molar-refractivity contribution in [3.05, 3.63) is 71.8 Å². The van der Waals surface area contributed by atoms with Crippen LogP contribution in [0.3, 0.4) is 0 Å². The molecular weight excluding hydrogens is 284 g/mol. The molecule has 1 aliphatic rings. The lowest BCUT2D eigenvalue weighted by molar-refractivity contribution is -0.197. The molecule has 2 aromatic rings. The number of ether oxygens (including phenoxy) is 2. The second-order valence-corrected chi connectivity index (χ2v) is 5.56. The average molecular weight is 301 g/mol. The molecule has 0 aliphatic carbocycles. The van der Waals surface area contributed by atoms with Crippen LogP contribution in [0.4, 0.5) is 0 Å². The first-order chi connectivity index (χ1) is 10.3. The maximum absolute atomic E-state index is 5.91. The number of hydrogen-bond acceptors (Lipinski definition) is 2. The van der Waals surface area contributed by atoms with Crippen LogP contribution >= 0.6 is 11.6 Å². The van der Waals surface area contributed by atoms with E-state index >= 15 is 0 Å². The topological polar surface area (TPSA) is 18.5 Å². The van der Waals surface area contributed by atoms with Crippen LogP contribution in [0.1, 0.15) is 11.9 Å². The summed E-state index contributed by atoms with van der Waals surface area (Å²) in [4.78, 5) is 0. The smallest absolute Gasteiger partial charge is 0.183 e. The predicted molar refractivity (Wildman–Crippen MR) is 85.2 cm³/mol. The van der Waals surface area contributed by atoms with Crippen LogP contribution in [0, 0.1) is 5.92 Å². The molecule has 0 amide bonds. The molecule has 1 heterocycles. The molecule has 108 valence electrons. The Bertz CT molecular complexity index is 596. The Kier molecular flexibility index (Phi) is 4.39. The molecule has 2 nitrogen and oxygen atoms in total. The van der Waals surface area contributed by atoms with Crippen molar-refractivity contribution in [2.24, 2.45) is 5.92 Å². The van der Waals surface area contributed by atoms with E-state index in [1.54, 1.807) is 0 Å². The van der Waals surface area contributed by atoms with Gasteiger partial charge >= 0.3 is 0 Å². The van der Waals surface area contributed by atoms with Crippen LogP contribution in [0.25, 0.3) is 11.1 Å². The van der Waals surface area contributed by atoms with E-state index in [2.05, 4.69) is 18.7 Å². The van der Waals surface area contributed by atoms with Crippen LogP contribution in [0.2, 0.25) is 5.02 Å². The number of hydrogen-bond donors (Lipinski definition) is 0. The fourth-order valence-corrected chi connectivity index (χ4v) is 2.45. The van der Waals surface area contributed by atoms with E-state index in [4.69, 9.17) is 21.1 Å². The highest BCUT2D eigenvalue weighted by atomic mass is 35.5. The fourth-order valence-electron chi connectivity index (χ4n) is 2.32. The molecule has 0 atom stereocenters. The van der Waals surface area contributed by atoms with Crippen LogP contribution in [0.5, 0.6) is 0 Å². The van der Waals surface area contributed by atoms with Gasteiger partial charge in [-0.2, -0.15) is 0 Å². The summed E-state index contributed by atoms with van der Waals surface area (Å²) in [5.41, 5.74) is 3.33. The second-order valence-electron chi connectivity index (χ2n) is 5.12. The van der Waals surface area contributed by atoms with Crippen LogP contribution in [-0.4, -0.2) is 13.2 Å². The lowest BCUT2D eigenvalue weighted by atomic mass is 10.0. The van der Waals surface area contributed by atoms with Gasteiger partial charge in [0.05, 0.1) is 13.2 Å². The van der Waals surface area contributed by atoms with Crippen molar-refractivity contribution < 1.29 is 9.47 Å². The monoisotopic (exact) mass is 300 g/mol. The maximum Gasteiger partial charge on any atom is 0.183 e. The summed E-state index contributed by atoms with van der Waals surface area (Å²) in [5.74, 6) is 0.287. The highest BCUT2D eigenvalue weighted by Gasteiger charge is 2.21. The van der Waals surface area contributed by atoms with Crippen molar-refractivity contribution in [1.82, 2.24) is 0 Å². The standard InChI is InChI=1S/C18H17ClO2/c1-2-13-11-20-18(21-12-13)16-5-3-14(4-6-16)15-7-9-17(19)10-8-15/h2-10,13,18H,1,11-12H2. The third-order valence-electron chi connectivity index (χ3n) is 3.62. The molecule has 0 radical (unpaired) electrons. The van der Waals surface area contributed by atoms with Crippen LogP contribution in [0.15, 0.2) is 61.2 Å². The van der Waals surface area contributed by atoms with Crippen LogP contribution < -0.4 is 0 Å². The highest BCUT2D eigenvalue weighted by Crippen LogP contribution is 2.28. The van der Waals surface area contributed by atoms with Gasteiger partial charge in [0.1, 0.15) is 0 Å². The van der Waals surface area contributed by atoms with E-state index in [0.717, 1.165) is 21.7 Å². The van der Waals surface area contributed by atoms with E-state index in [9.17, 15) is 0 Å². The van der Waals surface area contributed by atoms with Crippen molar-refractivity contribution in [2.75, 3.05) is 13.2 Å². The van der Waals surface area contributed by atoms with E-state index in [1.807, 2.05) is 42.5 Å². The minimum Gasteiger partial charge on any atom is -0.348 e. The molecule has 3 rings (SSSR count). The summed E-state index contributed by atoms with van der Waals surface area (Å²) in [5, 5.41) is 0.746. The van der Waals surface area contributed by atoms with Crippen LogP contribution in [-0.2, 0) is 9.47 Å². The molecule has 0 bridgehead atoms. The first-order valence-corrected chi connectivity index (χ1v) is 7.36. The molecular formula is C18H17ClO2. The van der Waals surface area contributed by atoms with Crippen molar-refractivity contribution in [3.8, 4) is 11.1 Å². The Hall–Kier alpha value is -1.61. The summed E-state index contributed by atoms with van der Waals surface area (Å²) < 4.78 is 11.4. The number of rotatable bonds is 3. The molecule has 2 aromatic carbocycles. The summed E-state index contributed by atoms with van der Waals surface area (Å²) in [6.45, 7) is 5.08. The second kappa shape index (κ2) is 6.44. The first-order valence-electron chi connectivity index (χ1n) is 6.98. The van der Waals surface area contributed by atoms with Gasteiger partial charge in [0.25, 0.3) is 0 Å². The largest absolute Gasteiger partial charge is 0.348 e. The lowest BCUT2D eigenvalue weighted by Gasteiger charge is -2.28. The third-order valence-corrected chi connectivity index (χ3v) is 3.87. The van der Waals surface area contributed by atoms with Gasteiger partial charge < -0.3 is 9.47 Å². The number of benzene rings is 2. The third kappa shape index (κ3) is 3.35. The molecule has 1 fully saturated rings. The van der Waals surface area contributed by atoms with Crippen molar-refractivity contribution in [3.63, 3.8) is 0 Å². The van der Waals surface area contributed by atoms with Gasteiger partial charge in [-0.25, -0.2) is 0 Å². The van der Waals surface area contributed by atoms with Gasteiger partial charge in [-0.1, -0.05) is 54.1 Å². The molecule has 21 heavy (non-hydrogen) atoms. The molecule has 0 saturated carbocycles. The first kappa shape index (κ1) is 14.3. The summed E-state index contributed by atoms with van der Waals surface area (Å²) in [6.07, 6.45) is 1.60. The van der Waals surface area contributed by atoms with Gasteiger partial charge in [-0.05, 0) is 23.3 Å². The zero-order valence-electron chi connectivity index (χ0n) is 11.7. The lowest BCUT2D eigenvalue weighted by Crippen LogP contribution is -2.25. The molecule has 0 spiro atoms. The quantitative estimate of drug-likeness (QED) is 0.754. The Labute approximate surface area is 130 Å². The Morgan fingerprint density at radius 2 is 1.43 bits per heavy atom. The molecule has 1 saturated heterocycles.